The topological polar surface area (TPSA) is 37.3 Å². The molecule has 2 nitrogen and oxygen atoms in total. The predicted molar refractivity (Wildman–Crippen MR) is 56.3 cm³/mol. The van der Waals surface area contributed by atoms with E-state index >= 15 is 0 Å². The average Bonchev–Trinajstić information content (AvgIpc) is 2.07. The fourth-order valence-electron chi connectivity index (χ4n) is 0.581. The number of hydrogen-bond donors (Lipinski definition) is 1. The van der Waals surface area contributed by atoms with Crippen molar-refractivity contribution in [3.63, 3.8) is 0 Å². The van der Waals surface area contributed by atoms with Crippen LogP contribution in [0.15, 0.2) is 30.3 Å². The van der Waals surface area contributed by atoms with Crippen molar-refractivity contribution in [3.05, 3.63) is 30.3 Å². The summed E-state index contributed by atoms with van der Waals surface area (Å²) in [6.07, 6.45) is 0. The Balaban J connectivity index is 0.000000354. The van der Waals surface area contributed by atoms with Crippen LogP contribution in [0.25, 0.3) is 0 Å². The summed E-state index contributed by atoms with van der Waals surface area (Å²) in [4.78, 5) is 8.57. The zero-order valence-electron chi connectivity index (χ0n) is 7.45. The van der Waals surface area contributed by atoms with Crippen LogP contribution in [-0.2, 0) is 4.57 Å². The Bertz CT molecular complexity index is 226. The van der Waals surface area contributed by atoms with Gasteiger partial charge in [-0.05, 0) is 12.1 Å². The van der Waals surface area contributed by atoms with Crippen molar-refractivity contribution in [2.75, 3.05) is 0 Å². The molecule has 0 aromatic heterocycles. The summed E-state index contributed by atoms with van der Waals surface area (Å²) in [7, 11) is -2.46. The van der Waals surface area contributed by atoms with Gasteiger partial charge < -0.3 is 4.89 Å². The first-order valence-corrected chi connectivity index (χ1v) is 6.77. The van der Waals surface area contributed by atoms with E-state index in [2.05, 4.69) is 6.92 Å². The van der Waals surface area contributed by atoms with Gasteiger partial charge in [0.25, 0.3) is 0 Å². The smallest absolute Gasteiger partial charge is 0.218 e. The van der Waals surface area contributed by atoms with E-state index in [1.54, 1.807) is 24.3 Å². The van der Waals surface area contributed by atoms with Gasteiger partial charge in [0.05, 0.1) is 0 Å². The van der Waals surface area contributed by atoms with Gasteiger partial charge in [0.15, 0.2) is 0 Å². The maximum absolute atomic E-state index is 10.4. The van der Waals surface area contributed by atoms with E-state index in [1.807, 2.05) is 6.07 Å². The lowest BCUT2D eigenvalue weighted by Gasteiger charge is -1.90. The van der Waals surface area contributed by atoms with Crippen LogP contribution in [0, 0.1) is 0 Å². The molecule has 0 aliphatic rings. The van der Waals surface area contributed by atoms with Gasteiger partial charge in [0.2, 0.25) is 24.3 Å². The minimum atomic E-state index is -2.46. The molecule has 1 aromatic rings. The third-order valence-electron chi connectivity index (χ3n) is 1.02. The maximum Gasteiger partial charge on any atom is 0.218 e. The van der Waals surface area contributed by atoms with E-state index in [0.29, 0.717) is 5.30 Å². The van der Waals surface area contributed by atoms with E-state index in [-0.39, 0.29) is 0 Å². The molecule has 4 heteroatoms. The lowest BCUT2D eigenvalue weighted by atomic mass is 10.4. The van der Waals surface area contributed by atoms with Crippen molar-refractivity contribution in [2.24, 2.45) is 0 Å². The molecule has 1 aromatic carbocycles. The maximum atomic E-state index is 10.4. The zero-order chi connectivity index (χ0) is 9.40. The van der Waals surface area contributed by atoms with Crippen LogP contribution in [-0.4, -0.2) is 21.2 Å². The van der Waals surface area contributed by atoms with Gasteiger partial charge in [0.1, 0.15) is 0 Å². The third-order valence-corrected chi connectivity index (χ3v) is 1.85. The van der Waals surface area contributed by atoms with Crippen molar-refractivity contribution in [1.82, 2.24) is 0 Å². The van der Waals surface area contributed by atoms with E-state index < -0.39 is 8.03 Å². The van der Waals surface area contributed by atoms with Crippen molar-refractivity contribution < 1.29 is 9.46 Å². The first kappa shape index (κ1) is 11.9. The molecule has 0 fully saturated rings. The molecule has 0 aliphatic heterocycles. The largest absolute Gasteiger partial charge is 0.343 e. The second kappa shape index (κ2) is 7.58. The average molecular weight is 200 g/mol. The second-order valence-electron chi connectivity index (χ2n) is 2.38. The lowest BCUT2D eigenvalue weighted by Crippen LogP contribution is -1.91. The standard InChI is InChI=1S/C6H7O2P.C2H5.Al.2H/c7-9(8)6-4-2-1-3-5-6;1-2;;;/h1-5,9H,(H,7,8);1H2,2H3;;;. The molecule has 0 aliphatic carbocycles. The molecule has 0 bridgehead atoms. The van der Waals surface area contributed by atoms with E-state index in [9.17, 15) is 4.57 Å². The van der Waals surface area contributed by atoms with Crippen LogP contribution in [0.3, 0.4) is 0 Å². The van der Waals surface area contributed by atoms with Crippen molar-refractivity contribution in [3.8, 4) is 0 Å². The van der Waals surface area contributed by atoms with Gasteiger partial charge >= 0.3 is 0 Å². The zero-order valence-corrected chi connectivity index (χ0v) is 10.4. The number of rotatable bonds is 1. The number of benzene rings is 1. The summed E-state index contributed by atoms with van der Waals surface area (Å²) in [5.41, 5.74) is 0. The summed E-state index contributed by atoms with van der Waals surface area (Å²) in [6.45, 7) is 2.19. The molecule has 0 spiro atoms. The molecule has 1 rings (SSSR count). The molecule has 0 amide bonds. The Morgan fingerprint density at radius 1 is 1.42 bits per heavy atom. The monoisotopic (exact) mass is 200 g/mol. The molecule has 1 N–H and O–H groups in total. The fraction of sp³-hybridized carbons (Fsp3) is 0.250. The molecular weight excluding hydrogens is 186 g/mol. The van der Waals surface area contributed by atoms with Crippen LogP contribution >= 0.6 is 8.03 Å². The van der Waals surface area contributed by atoms with Crippen molar-refractivity contribution in [1.29, 1.82) is 0 Å². The van der Waals surface area contributed by atoms with E-state index in [0.717, 1.165) is 0 Å². The highest BCUT2D eigenvalue weighted by atomic mass is 31.1. The van der Waals surface area contributed by atoms with Gasteiger partial charge in [-0.2, -0.15) is 0 Å². The van der Waals surface area contributed by atoms with Gasteiger partial charge in [-0.3, -0.25) is 4.57 Å². The molecule has 12 heavy (non-hydrogen) atoms. The van der Waals surface area contributed by atoms with Crippen LogP contribution in [0.2, 0.25) is 5.28 Å². The fourth-order valence-corrected chi connectivity index (χ4v) is 1.06. The van der Waals surface area contributed by atoms with Crippen LogP contribution in [0.5, 0.6) is 0 Å². The normalized spacial score (nSPS) is 11.2. The number of hydrogen-bond acceptors (Lipinski definition) is 1. The highest BCUT2D eigenvalue weighted by molar-refractivity contribution is 7.47. The summed E-state index contributed by atoms with van der Waals surface area (Å²) < 4.78 is 10.4. The predicted octanol–water partition coefficient (Wildman–Crippen LogP) is 0.837. The Hall–Kier alpha value is -0.0575. The quantitative estimate of drug-likeness (QED) is 0.538. The Morgan fingerprint density at radius 3 is 2.08 bits per heavy atom. The molecule has 1 unspecified atom stereocenters. The Labute approximate surface area is 81.9 Å². The van der Waals surface area contributed by atoms with Gasteiger partial charge in [-0.25, -0.2) is 0 Å². The van der Waals surface area contributed by atoms with Gasteiger partial charge in [-0.1, -0.05) is 25.1 Å². The SMILES string of the molecule is C[CH2][AlH2].O=[PH](O)c1ccccc1. The Morgan fingerprint density at radius 2 is 1.83 bits per heavy atom. The lowest BCUT2D eigenvalue weighted by molar-refractivity contribution is 0.513. The molecule has 0 saturated carbocycles. The third kappa shape index (κ3) is 5.57. The van der Waals surface area contributed by atoms with Crippen LogP contribution in [0.4, 0.5) is 0 Å². The molecule has 0 radical (unpaired) electrons. The first-order chi connectivity index (χ1) is 5.72. The molecule has 0 saturated heterocycles. The summed E-state index contributed by atoms with van der Waals surface area (Å²) >= 11 is 1.37. The summed E-state index contributed by atoms with van der Waals surface area (Å²) in [5, 5.41) is 1.91. The minimum absolute atomic E-state index is 0.516. The molecule has 1 atom stereocenters. The van der Waals surface area contributed by atoms with Gasteiger partial charge in [0, 0.05) is 5.30 Å². The first-order valence-electron chi connectivity index (χ1n) is 4.00. The summed E-state index contributed by atoms with van der Waals surface area (Å²) in [5.74, 6) is 0. The van der Waals surface area contributed by atoms with Gasteiger partial charge in [-0.15, -0.1) is 5.28 Å². The van der Waals surface area contributed by atoms with Crippen molar-refractivity contribution in [2.45, 2.75) is 12.2 Å². The van der Waals surface area contributed by atoms with E-state index in [4.69, 9.17) is 4.89 Å². The highest BCUT2D eigenvalue weighted by Gasteiger charge is 1.92. The molecular formula is C8H14AlO2P. The molecule has 0 heterocycles. The van der Waals surface area contributed by atoms with Crippen LogP contribution in [0.1, 0.15) is 6.92 Å². The molecule has 66 valence electrons. The second-order valence-corrected chi connectivity index (χ2v) is 4.98. The highest BCUT2D eigenvalue weighted by Crippen LogP contribution is 2.10. The minimum Gasteiger partial charge on any atom is -0.343 e. The Kier molecular flexibility index (Phi) is 7.55. The van der Waals surface area contributed by atoms with Crippen molar-refractivity contribution >= 4 is 29.6 Å². The summed E-state index contributed by atoms with van der Waals surface area (Å²) in [6, 6.07) is 8.58. The van der Waals surface area contributed by atoms with E-state index in [1.165, 1.54) is 21.6 Å². The van der Waals surface area contributed by atoms with Crippen LogP contribution < -0.4 is 5.30 Å².